The average molecular weight is 935 g/mol. The van der Waals surface area contributed by atoms with Crippen LogP contribution in [-0.2, 0) is 52.8 Å². The minimum absolute atomic E-state index is 0.0705. The van der Waals surface area contributed by atoms with Gasteiger partial charge in [-0.05, 0) is 23.1 Å². The summed E-state index contributed by atoms with van der Waals surface area (Å²) in [5.41, 5.74) is 1.35. The Morgan fingerprint density at radius 3 is 1.79 bits per heavy atom. The third kappa shape index (κ3) is 10.5. The third-order valence-corrected chi connectivity index (χ3v) is 12.5. The smallest absolute Gasteiger partial charge is 0.358 e. The largest absolute Gasteiger partial charge is 0.509 e. The quantitative estimate of drug-likeness (QED) is 0.0559. The fraction of sp³-hybridized carbons (Fsp3) is 0.282. The van der Waals surface area contributed by atoms with Gasteiger partial charge in [-0.3, -0.25) is 39.1 Å². The van der Waals surface area contributed by atoms with Gasteiger partial charge in [0, 0.05) is 12.1 Å². The number of nitro groups is 1. The Balaban J connectivity index is 0.000000207. The minimum Gasteiger partial charge on any atom is -0.509 e. The number of alkyl halides is 3. The molecule has 61 heavy (non-hydrogen) atoms. The van der Waals surface area contributed by atoms with Crippen LogP contribution in [0.1, 0.15) is 16.7 Å². The zero-order chi connectivity index (χ0) is 44.2. The molecule has 5 atom stereocenters. The number of halogens is 3. The molecule has 22 heteroatoms. The Kier molecular flexibility index (Phi) is 14.1. The summed E-state index contributed by atoms with van der Waals surface area (Å²) in [5, 5.41) is 44.5. The zero-order valence-corrected chi connectivity index (χ0v) is 35.2. The van der Waals surface area contributed by atoms with Gasteiger partial charge in [-0.25, -0.2) is 9.59 Å². The van der Waals surface area contributed by atoms with Crippen molar-refractivity contribution >= 4 is 99.6 Å². The number of fused-ring (bicyclic) bond motifs is 2. The predicted octanol–water partition coefficient (Wildman–Crippen LogP) is 4.31. The number of aliphatic hydroxyl groups is 2. The number of carboxylic acid groups (broad SMARTS) is 1. The van der Waals surface area contributed by atoms with E-state index >= 15 is 0 Å². The van der Waals surface area contributed by atoms with Crippen molar-refractivity contribution in [2.45, 2.75) is 51.1 Å². The Bertz CT molecular complexity index is 2300. The number of carbonyl (C=O) groups excluding carboxylic acids is 5. The number of amides is 4. The molecule has 3 unspecified atom stereocenters. The van der Waals surface area contributed by atoms with Crippen LogP contribution in [0.3, 0.4) is 0 Å². The number of rotatable bonds is 12. The van der Waals surface area contributed by atoms with Gasteiger partial charge in [0.2, 0.25) is 15.6 Å². The Morgan fingerprint density at radius 2 is 1.30 bits per heavy atom. The number of nitro benzene ring substituents is 1. The first-order chi connectivity index (χ1) is 28.9. The van der Waals surface area contributed by atoms with Crippen LogP contribution in [0.4, 0.5) is 5.69 Å². The summed E-state index contributed by atoms with van der Waals surface area (Å²) in [4.78, 5) is 86.3. The highest BCUT2D eigenvalue weighted by atomic mass is 35.6. The number of esters is 1. The molecule has 0 bridgehead atoms. The van der Waals surface area contributed by atoms with Gasteiger partial charge in [-0.1, -0.05) is 108 Å². The lowest BCUT2D eigenvalue weighted by molar-refractivity contribution is -0.384. The van der Waals surface area contributed by atoms with Gasteiger partial charge in [0.25, 0.3) is 17.5 Å². The molecular formula is C39H34Cl3N5O12S2. The van der Waals surface area contributed by atoms with E-state index in [0.29, 0.717) is 5.56 Å². The molecule has 5 N–H and O–H groups in total. The van der Waals surface area contributed by atoms with Crippen LogP contribution in [0.5, 0.6) is 0 Å². The highest BCUT2D eigenvalue weighted by molar-refractivity contribution is 8.01. The Morgan fingerprint density at radius 1 is 0.787 bits per heavy atom. The number of benzene rings is 3. The van der Waals surface area contributed by atoms with E-state index in [4.69, 9.17) is 39.5 Å². The maximum absolute atomic E-state index is 12.6. The first kappa shape index (κ1) is 45.1. The van der Waals surface area contributed by atoms with E-state index in [1.165, 1.54) is 36.0 Å². The van der Waals surface area contributed by atoms with Crippen LogP contribution >= 0.6 is 58.3 Å². The molecule has 0 spiro atoms. The second-order valence-corrected chi connectivity index (χ2v) is 18.6. The molecule has 0 radical (unpaired) electrons. The first-order valence-corrected chi connectivity index (χ1v) is 21.2. The number of carboxylic acids is 1. The maximum atomic E-state index is 12.6. The lowest BCUT2D eigenvalue weighted by Gasteiger charge is -2.50. The second-order valence-electron chi connectivity index (χ2n) is 13.7. The molecule has 17 nitrogen and oxygen atoms in total. The summed E-state index contributed by atoms with van der Waals surface area (Å²) in [7, 11) is 0. The predicted molar refractivity (Wildman–Crippen MR) is 224 cm³/mol. The van der Waals surface area contributed by atoms with E-state index < -0.39 is 78.6 Å². The van der Waals surface area contributed by atoms with Crippen molar-refractivity contribution < 1.29 is 53.7 Å². The third-order valence-electron chi connectivity index (χ3n) is 9.46. The highest BCUT2D eigenvalue weighted by Gasteiger charge is 2.57. The van der Waals surface area contributed by atoms with Crippen molar-refractivity contribution in [3.63, 3.8) is 0 Å². The molecule has 4 aliphatic heterocycles. The molecular weight excluding hydrogens is 901 g/mol. The number of nitrogens with one attached hydrogen (secondary N) is 2. The van der Waals surface area contributed by atoms with Crippen molar-refractivity contribution in [3.05, 3.63) is 135 Å². The van der Waals surface area contributed by atoms with Gasteiger partial charge in [0.05, 0.1) is 28.8 Å². The van der Waals surface area contributed by atoms with E-state index in [-0.39, 0.29) is 54.0 Å². The van der Waals surface area contributed by atoms with Crippen LogP contribution in [0.15, 0.2) is 108 Å². The summed E-state index contributed by atoms with van der Waals surface area (Å²) >= 11 is 19.0. The monoisotopic (exact) mass is 933 g/mol. The van der Waals surface area contributed by atoms with Crippen LogP contribution in [-0.4, -0.2) is 110 Å². The SMILES string of the molecule is O=C(Cc1ccccc1)NC1C(=O)N2C(C(=O)O)=C(O)C(Cc3ccc([N+](=O)[O-])cc3)S[C@H]12.O=C(Cc1ccccc1)NC1C(=O)N2C(C(=O)OCC(Cl)(Cl)Cl)=C(O)CS[C@H]12. The second kappa shape index (κ2) is 19.1. The van der Waals surface area contributed by atoms with Gasteiger partial charge in [0.1, 0.15) is 41.0 Å². The summed E-state index contributed by atoms with van der Waals surface area (Å²) in [5.74, 6) is -4.92. The molecule has 2 saturated heterocycles. The molecule has 320 valence electrons. The molecule has 4 aliphatic rings. The number of thioether (sulfide) groups is 2. The normalized spacial score (nSPS) is 21.7. The number of aliphatic hydroxyl groups excluding tert-OH is 2. The maximum Gasteiger partial charge on any atom is 0.358 e. The number of carbonyl (C=O) groups is 6. The van der Waals surface area contributed by atoms with Gasteiger partial charge >= 0.3 is 11.9 Å². The van der Waals surface area contributed by atoms with Crippen LogP contribution < -0.4 is 10.6 Å². The molecule has 4 amide bonds. The van der Waals surface area contributed by atoms with Crippen LogP contribution in [0, 0.1) is 10.1 Å². The number of non-ortho nitro benzene ring substituents is 1. The number of nitrogens with zero attached hydrogens (tertiary/aromatic N) is 3. The topological polar surface area (TPSA) is 246 Å². The van der Waals surface area contributed by atoms with Gasteiger partial charge in [-0.2, -0.15) is 0 Å². The summed E-state index contributed by atoms with van der Waals surface area (Å²) in [6, 6.07) is 22.1. The highest BCUT2D eigenvalue weighted by Crippen LogP contribution is 2.45. The number of hydrogen-bond acceptors (Lipinski definition) is 13. The fourth-order valence-electron chi connectivity index (χ4n) is 6.63. The molecule has 2 fully saturated rings. The number of hydrogen-bond donors (Lipinski definition) is 5. The van der Waals surface area contributed by atoms with E-state index in [0.717, 1.165) is 32.7 Å². The lowest BCUT2D eigenvalue weighted by Crippen LogP contribution is -2.71. The summed E-state index contributed by atoms with van der Waals surface area (Å²) < 4.78 is 3.05. The minimum atomic E-state index is -1.82. The molecule has 7 rings (SSSR count). The summed E-state index contributed by atoms with van der Waals surface area (Å²) in [6.07, 6.45) is 0.386. The van der Waals surface area contributed by atoms with E-state index in [9.17, 15) is 54.2 Å². The van der Waals surface area contributed by atoms with E-state index in [1.54, 1.807) is 24.3 Å². The fourth-order valence-corrected chi connectivity index (χ4v) is 9.53. The molecule has 3 aromatic carbocycles. The van der Waals surface area contributed by atoms with E-state index in [2.05, 4.69) is 10.6 Å². The zero-order valence-electron chi connectivity index (χ0n) is 31.3. The molecule has 0 saturated carbocycles. The van der Waals surface area contributed by atoms with Crippen LogP contribution in [0.25, 0.3) is 0 Å². The standard InChI is InChI=1S/C22H19N3O7S.C17H15Cl3N2O5S/c26-16(11-12-4-2-1-3-5-12)23-17-20(28)24-18(22(29)30)19(27)15(33-21(17)24)10-13-6-8-14(9-7-13)25(31)32;18-17(19,20)8-27-16(26)13-10(23)7-28-15-12(14(25)22(13)15)21-11(24)6-9-4-2-1-3-5-9/h1-9,15,17,21,27H,10-11H2,(H,23,26)(H,29,30);1-5,12,15,23H,6-8H2,(H,21,24)/t15?,17?,21-;12?,15-/m11/s1. The van der Waals surface area contributed by atoms with Gasteiger partial charge < -0.3 is 30.7 Å². The molecule has 3 aromatic rings. The Hall–Kier alpha value is -5.47. The Labute approximate surface area is 370 Å². The van der Waals surface area contributed by atoms with Crippen molar-refractivity contribution in [1.82, 2.24) is 20.4 Å². The lowest BCUT2D eigenvalue weighted by atomic mass is 10.0. The van der Waals surface area contributed by atoms with Crippen molar-refractivity contribution in [2.75, 3.05) is 12.4 Å². The number of β-lactam (4-membered cyclic amide) rings is 2. The van der Waals surface area contributed by atoms with Crippen molar-refractivity contribution in [1.29, 1.82) is 0 Å². The molecule has 0 aliphatic carbocycles. The van der Waals surface area contributed by atoms with Gasteiger partial charge in [-0.15, -0.1) is 23.5 Å². The van der Waals surface area contributed by atoms with E-state index in [1.807, 2.05) is 36.4 Å². The summed E-state index contributed by atoms with van der Waals surface area (Å²) in [6.45, 7) is -0.537. The average Bonchev–Trinajstić information content (AvgIpc) is 3.22. The van der Waals surface area contributed by atoms with Crippen molar-refractivity contribution in [3.8, 4) is 0 Å². The molecule has 0 aromatic heterocycles. The first-order valence-electron chi connectivity index (χ1n) is 18.1. The number of aliphatic carboxylic acids is 1. The number of ether oxygens (including phenoxy) is 1. The van der Waals surface area contributed by atoms with Gasteiger partial charge in [0.15, 0.2) is 11.4 Å². The van der Waals surface area contributed by atoms with Crippen molar-refractivity contribution in [2.24, 2.45) is 0 Å². The molecule has 4 heterocycles. The van der Waals surface area contributed by atoms with Crippen LogP contribution in [0.2, 0.25) is 0 Å².